The zero-order valence-electron chi connectivity index (χ0n) is 17.4. The van der Waals surface area contributed by atoms with Crippen LogP contribution < -0.4 is 10.6 Å². The summed E-state index contributed by atoms with van der Waals surface area (Å²) in [5.74, 6) is 0.291. The Balaban J connectivity index is 1.54. The van der Waals surface area contributed by atoms with Gasteiger partial charge >= 0.3 is 0 Å². The fourth-order valence-corrected chi connectivity index (χ4v) is 4.02. The van der Waals surface area contributed by atoms with Crippen molar-refractivity contribution in [3.05, 3.63) is 60.2 Å². The molecule has 2 N–H and O–H groups in total. The van der Waals surface area contributed by atoms with Crippen molar-refractivity contribution in [3.63, 3.8) is 0 Å². The van der Waals surface area contributed by atoms with Crippen LogP contribution in [0, 0.1) is 5.82 Å². The summed E-state index contributed by atoms with van der Waals surface area (Å²) in [6.07, 6.45) is 6.56. The van der Waals surface area contributed by atoms with E-state index in [2.05, 4.69) is 20.1 Å². The SMILES string of the molecule is Nc1nc(-c2nn(Cc3ccccc3F)c3ncccc23)ncc1N1CCCCCC1=O. The number of amides is 1. The summed E-state index contributed by atoms with van der Waals surface area (Å²) < 4.78 is 15.8. The lowest BCUT2D eigenvalue weighted by atomic mass is 10.2. The first-order valence-corrected chi connectivity index (χ1v) is 10.6. The van der Waals surface area contributed by atoms with Crippen molar-refractivity contribution < 1.29 is 9.18 Å². The molecule has 8 nitrogen and oxygen atoms in total. The zero-order chi connectivity index (χ0) is 22.1. The standard InChI is InChI=1S/C23H22FN7O/c24-17-9-4-3-7-15(17)14-31-23-16(8-6-11-26-23)20(29-31)22-27-13-18(21(25)28-22)30-12-5-1-2-10-19(30)32/h3-4,6-9,11,13H,1-2,5,10,12,14H2,(H2,25,27,28). The maximum atomic E-state index is 14.2. The van der Waals surface area contributed by atoms with Crippen LogP contribution in [0.1, 0.15) is 31.2 Å². The molecule has 1 aliphatic rings. The van der Waals surface area contributed by atoms with Gasteiger partial charge in [-0.25, -0.2) is 24.0 Å². The second kappa shape index (κ2) is 8.33. The van der Waals surface area contributed by atoms with Gasteiger partial charge in [0.25, 0.3) is 0 Å². The number of nitrogen functional groups attached to an aromatic ring is 1. The minimum atomic E-state index is -0.305. The summed E-state index contributed by atoms with van der Waals surface area (Å²) in [6, 6.07) is 10.2. The summed E-state index contributed by atoms with van der Waals surface area (Å²) in [7, 11) is 0. The average Bonchev–Trinajstić information content (AvgIpc) is 3.02. The maximum absolute atomic E-state index is 14.2. The topological polar surface area (TPSA) is 103 Å². The van der Waals surface area contributed by atoms with Crippen molar-refractivity contribution in [2.24, 2.45) is 0 Å². The lowest BCUT2D eigenvalue weighted by Gasteiger charge is -2.21. The van der Waals surface area contributed by atoms with E-state index in [4.69, 9.17) is 5.73 Å². The Hall–Kier alpha value is -3.88. The molecular formula is C23H22FN7O. The van der Waals surface area contributed by atoms with Crippen LogP contribution in [0.2, 0.25) is 0 Å². The number of aromatic nitrogens is 5. The molecule has 32 heavy (non-hydrogen) atoms. The van der Waals surface area contributed by atoms with E-state index in [0.717, 1.165) is 24.6 Å². The molecule has 0 bridgehead atoms. The van der Waals surface area contributed by atoms with Crippen LogP contribution in [0.4, 0.5) is 15.9 Å². The third kappa shape index (κ3) is 3.66. The molecule has 0 saturated carbocycles. The molecule has 0 atom stereocenters. The molecule has 5 rings (SSSR count). The number of nitrogens with zero attached hydrogens (tertiary/aromatic N) is 6. The minimum absolute atomic E-state index is 0.0364. The van der Waals surface area contributed by atoms with E-state index in [1.807, 2.05) is 6.07 Å². The number of hydrogen-bond donors (Lipinski definition) is 1. The summed E-state index contributed by atoms with van der Waals surface area (Å²) in [6.45, 7) is 0.825. The smallest absolute Gasteiger partial charge is 0.227 e. The largest absolute Gasteiger partial charge is 0.382 e. The number of fused-ring (bicyclic) bond motifs is 1. The quantitative estimate of drug-likeness (QED) is 0.530. The maximum Gasteiger partial charge on any atom is 0.227 e. The second-order valence-electron chi connectivity index (χ2n) is 7.79. The van der Waals surface area contributed by atoms with Crippen LogP contribution in [0.25, 0.3) is 22.6 Å². The summed E-state index contributed by atoms with van der Waals surface area (Å²) >= 11 is 0. The van der Waals surface area contributed by atoms with Crippen molar-refractivity contribution in [1.82, 2.24) is 24.7 Å². The molecule has 1 amide bonds. The third-order valence-corrected chi connectivity index (χ3v) is 5.66. The Kier molecular flexibility index (Phi) is 5.22. The average molecular weight is 431 g/mol. The van der Waals surface area contributed by atoms with Crippen molar-refractivity contribution in [2.75, 3.05) is 17.2 Å². The van der Waals surface area contributed by atoms with E-state index < -0.39 is 0 Å². The van der Waals surface area contributed by atoms with Crippen LogP contribution in [-0.4, -0.2) is 37.2 Å². The zero-order valence-corrected chi connectivity index (χ0v) is 17.4. The first kappa shape index (κ1) is 20.0. The molecule has 1 aromatic carbocycles. The molecule has 3 aromatic heterocycles. The first-order valence-electron chi connectivity index (χ1n) is 10.6. The van der Waals surface area contributed by atoms with Gasteiger partial charge in [-0.3, -0.25) is 4.79 Å². The van der Waals surface area contributed by atoms with Crippen molar-refractivity contribution in [2.45, 2.75) is 32.2 Å². The Morgan fingerprint density at radius 3 is 2.78 bits per heavy atom. The number of rotatable bonds is 4. The fraction of sp³-hybridized carbons (Fsp3) is 0.261. The molecule has 0 spiro atoms. The monoisotopic (exact) mass is 431 g/mol. The number of halogens is 1. The lowest BCUT2D eigenvalue weighted by Crippen LogP contribution is -2.31. The van der Waals surface area contributed by atoms with Gasteiger partial charge in [-0.1, -0.05) is 24.6 Å². The van der Waals surface area contributed by atoms with Gasteiger partial charge in [-0.05, 0) is 31.0 Å². The van der Waals surface area contributed by atoms with Gasteiger partial charge in [0.05, 0.1) is 18.1 Å². The van der Waals surface area contributed by atoms with Gasteiger partial charge in [0, 0.05) is 24.7 Å². The number of benzene rings is 1. The van der Waals surface area contributed by atoms with E-state index in [-0.39, 0.29) is 24.1 Å². The third-order valence-electron chi connectivity index (χ3n) is 5.66. The van der Waals surface area contributed by atoms with Crippen molar-refractivity contribution in [1.29, 1.82) is 0 Å². The van der Waals surface area contributed by atoms with Gasteiger partial charge in [-0.2, -0.15) is 5.10 Å². The molecule has 1 fully saturated rings. The predicted octanol–water partition coefficient (Wildman–Crippen LogP) is 3.56. The molecule has 1 aliphatic heterocycles. The van der Waals surface area contributed by atoms with Gasteiger partial charge in [0.15, 0.2) is 17.3 Å². The number of hydrogen-bond acceptors (Lipinski definition) is 6. The van der Waals surface area contributed by atoms with Gasteiger partial charge in [0.1, 0.15) is 17.2 Å². The molecule has 1 saturated heterocycles. The number of carbonyl (C=O) groups excluding carboxylic acids is 1. The summed E-state index contributed by atoms with van der Waals surface area (Å²) in [5, 5.41) is 5.37. The van der Waals surface area contributed by atoms with Gasteiger partial charge < -0.3 is 10.6 Å². The van der Waals surface area contributed by atoms with E-state index in [1.165, 1.54) is 6.07 Å². The Bertz CT molecular complexity index is 1300. The van der Waals surface area contributed by atoms with Crippen LogP contribution in [0.3, 0.4) is 0 Å². The van der Waals surface area contributed by atoms with Gasteiger partial charge in [-0.15, -0.1) is 0 Å². The van der Waals surface area contributed by atoms with Gasteiger partial charge in [0.2, 0.25) is 5.91 Å². The highest BCUT2D eigenvalue weighted by atomic mass is 19.1. The Morgan fingerprint density at radius 2 is 1.94 bits per heavy atom. The molecule has 0 aliphatic carbocycles. The molecule has 4 heterocycles. The summed E-state index contributed by atoms with van der Waals surface area (Å²) in [4.78, 5) is 27.5. The number of pyridine rings is 1. The second-order valence-corrected chi connectivity index (χ2v) is 7.79. The predicted molar refractivity (Wildman–Crippen MR) is 119 cm³/mol. The van der Waals surface area contributed by atoms with E-state index in [9.17, 15) is 9.18 Å². The molecule has 9 heteroatoms. The normalized spacial score (nSPS) is 14.7. The van der Waals surface area contributed by atoms with Crippen LogP contribution in [0.5, 0.6) is 0 Å². The van der Waals surface area contributed by atoms with E-state index >= 15 is 0 Å². The highest BCUT2D eigenvalue weighted by molar-refractivity contribution is 5.96. The van der Waals surface area contributed by atoms with Crippen molar-refractivity contribution >= 4 is 28.4 Å². The molecule has 4 aromatic rings. The van der Waals surface area contributed by atoms with E-state index in [1.54, 1.807) is 46.2 Å². The highest BCUT2D eigenvalue weighted by Gasteiger charge is 2.23. The number of anilines is 2. The lowest BCUT2D eigenvalue weighted by molar-refractivity contribution is -0.118. The van der Waals surface area contributed by atoms with E-state index in [0.29, 0.717) is 41.4 Å². The molecular weight excluding hydrogens is 409 g/mol. The number of carbonyl (C=O) groups is 1. The van der Waals surface area contributed by atoms with Crippen LogP contribution in [-0.2, 0) is 11.3 Å². The highest BCUT2D eigenvalue weighted by Crippen LogP contribution is 2.29. The minimum Gasteiger partial charge on any atom is -0.382 e. The summed E-state index contributed by atoms with van der Waals surface area (Å²) in [5.41, 5.74) is 8.38. The molecule has 162 valence electrons. The number of nitrogens with two attached hydrogens (primary N) is 1. The molecule has 0 unspecified atom stereocenters. The Labute approximate surface area is 183 Å². The molecule has 0 radical (unpaired) electrons. The van der Waals surface area contributed by atoms with Crippen molar-refractivity contribution in [3.8, 4) is 11.5 Å². The van der Waals surface area contributed by atoms with Crippen LogP contribution >= 0.6 is 0 Å². The van der Waals surface area contributed by atoms with Crippen LogP contribution in [0.15, 0.2) is 48.8 Å². The first-order chi connectivity index (χ1) is 15.6. The fourth-order valence-electron chi connectivity index (χ4n) is 4.02. The Morgan fingerprint density at radius 1 is 1.06 bits per heavy atom.